The van der Waals surface area contributed by atoms with Crippen LogP contribution in [-0.4, -0.2) is 17.6 Å². The lowest BCUT2D eigenvalue weighted by Crippen LogP contribution is -2.35. The highest BCUT2D eigenvalue weighted by molar-refractivity contribution is 5.15. The van der Waals surface area contributed by atoms with Gasteiger partial charge < -0.3 is 9.73 Å². The molecule has 0 saturated carbocycles. The van der Waals surface area contributed by atoms with Gasteiger partial charge in [0.25, 0.3) is 0 Å². The SMILES string of the molecule is CC[C@@H](C)c1nc([C@@H]2CC[C@@H](C)NC2)oc1C. The fourth-order valence-electron chi connectivity index (χ4n) is 2.46. The summed E-state index contributed by atoms with van der Waals surface area (Å²) < 4.78 is 5.86. The average Bonchev–Trinajstić information content (AvgIpc) is 2.71. The summed E-state index contributed by atoms with van der Waals surface area (Å²) in [7, 11) is 0. The van der Waals surface area contributed by atoms with Gasteiger partial charge in [-0.25, -0.2) is 4.98 Å². The molecule has 3 heteroatoms. The van der Waals surface area contributed by atoms with Crippen molar-refractivity contribution in [2.45, 2.75) is 64.8 Å². The second kappa shape index (κ2) is 5.21. The number of nitrogens with zero attached hydrogens (tertiary/aromatic N) is 1. The van der Waals surface area contributed by atoms with E-state index in [4.69, 9.17) is 9.40 Å². The zero-order valence-corrected chi connectivity index (χ0v) is 11.4. The number of aryl methyl sites for hydroxylation is 1. The van der Waals surface area contributed by atoms with Gasteiger partial charge in [0, 0.05) is 24.4 Å². The number of hydrogen-bond acceptors (Lipinski definition) is 3. The van der Waals surface area contributed by atoms with Crippen LogP contribution in [0.4, 0.5) is 0 Å². The molecule has 17 heavy (non-hydrogen) atoms. The van der Waals surface area contributed by atoms with Crippen LogP contribution < -0.4 is 5.32 Å². The van der Waals surface area contributed by atoms with E-state index in [-0.39, 0.29) is 0 Å². The molecule has 1 aromatic heterocycles. The first kappa shape index (κ1) is 12.6. The van der Waals surface area contributed by atoms with E-state index in [1.165, 1.54) is 12.8 Å². The molecule has 3 nitrogen and oxygen atoms in total. The molecule has 3 atom stereocenters. The normalized spacial score (nSPS) is 27.1. The standard InChI is InChI=1S/C14H24N2O/c1-5-9(2)13-11(4)17-14(16-13)12-7-6-10(3)15-8-12/h9-10,12,15H,5-8H2,1-4H3/t9-,10-,12-/m1/s1. The van der Waals surface area contributed by atoms with Gasteiger partial charge in [-0.2, -0.15) is 0 Å². The van der Waals surface area contributed by atoms with Gasteiger partial charge >= 0.3 is 0 Å². The summed E-state index contributed by atoms with van der Waals surface area (Å²) in [6.45, 7) is 9.69. The first-order chi connectivity index (χ1) is 8.11. The van der Waals surface area contributed by atoms with Gasteiger partial charge in [0.05, 0.1) is 5.69 Å². The number of rotatable bonds is 3. The third kappa shape index (κ3) is 2.71. The second-order valence-corrected chi connectivity index (χ2v) is 5.39. The Bertz CT molecular complexity index is 364. The maximum absolute atomic E-state index is 5.86. The summed E-state index contributed by atoms with van der Waals surface area (Å²) in [6.07, 6.45) is 3.52. The predicted molar refractivity (Wildman–Crippen MR) is 69.4 cm³/mol. The Morgan fingerprint density at radius 1 is 1.47 bits per heavy atom. The smallest absolute Gasteiger partial charge is 0.199 e. The molecule has 0 spiro atoms. The Labute approximate surface area is 104 Å². The van der Waals surface area contributed by atoms with Crippen LogP contribution in [0.15, 0.2) is 4.42 Å². The van der Waals surface area contributed by atoms with Crippen LogP contribution >= 0.6 is 0 Å². The van der Waals surface area contributed by atoms with Crippen LogP contribution in [-0.2, 0) is 0 Å². The van der Waals surface area contributed by atoms with E-state index in [2.05, 4.69) is 26.1 Å². The minimum Gasteiger partial charge on any atom is -0.445 e. The molecule has 2 heterocycles. The lowest BCUT2D eigenvalue weighted by molar-refractivity contribution is 0.331. The largest absolute Gasteiger partial charge is 0.445 e. The summed E-state index contributed by atoms with van der Waals surface area (Å²) in [6, 6.07) is 0.636. The molecule has 1 N–H and O–H groups in total. The Kier molecular flexibility index (Phi) is 3.87. The lowest BCUT2D eigenvalue weighted by Gasteiger charge is -2.25. The van der Waals surface area contributed by atoms with Crippen molar-refractivity contribution in [3.63, 3.8) is 0 Å². The quantitative estimate of drug-likeness (QED) is 0.874. The molecular weight excluding hydrogens is 212 g/mol. The molecule has 1 aliphatic rings. The molecule has 96 valence electrons. The Morgan fingerprint density at radius 2 is 2.24 bits per heavy atom. The molecule has 0 unspecified atom stereocenters. The van der Waals surface area contributed by atoms with E-state index < -0.39 is 0 Å². The topological polar surface area (TPSA) is 38.1 Å². The highest BCUT2D eigenvalue weighted by atomic mass is 16.4. The van der Waals surface area contributed by atoms with Crippen LogP contribution in [0.25, 0.3) is 0 Å². The number of nitrogens with one attached hydrogen (secondary N) is 1. The van der Waals surface area contributed by atoms with Gasteiger partial charge in [0.2, 0.25) is 0 Å². The van der Waals surface area contributed by atoms with Gasteiger partial charge in [0.15, 0.2) is 5.89 Å². The molecule has 1 saturated heterocycles. The third-order valence-electron chi connectivity index (χ3n) is 3.94. The van der Waals surface area contributed by atoms with Crippen molar-refractivity contribution in [2.75, 3.05) is 6.54 Å². The van der Waals surface area contributed by atoms with Crippen LogP contribution in [0, 0.1) is 6.92 Å². The number of hydrogen-bond donors (Lipinski definition) is 1. The van der Waals surface area contributed by atoms with E-state index in [9.17, 15) is 0 Å². The Hall–Kier alpha value is -0.830. The maximum atomic E-state index is 5.86. The molecule has 0 aromatic carbocycles. The molecule has 0 aliphatic carbocycles. The van der Waals surface area contributed by atoms with Crippen LogP contribution in [0.5, 0.6) is 0 Å². The molecule has 1 fully saturated rings. The van der Waals surface area contributed by atoms with Crippen LogP contribution in [0.1, 0.15) is 69.2 Å². The van der Waals surface area contributed by atoms with Crippen molar-refractivity contribution >= 4 is 0 Å². The Morgan fingerprint density at radius 3 is 2.82 bits per heavy atom. The van der Waals surface area contributed by atoms with Crippen LogP contribution in [0.2, 0.25) is 0 Å². The molecule has 2 rings (SSSR count). The highest BCUT2D eigenvalue weighted by Crippen LogP contribution is 2.29. The fraction of sp³-hybridized carbons (Fsp3) is 0.786. The number of oxazole rings is 1. The molecule has 0 radical (unpaired) electrons. The van der Waals surface area contributed by atoms with Gasteiger partial charge in [-0.05, 0) is 33.1 Å². The van der Waals surface area contributed by atoms with E-state index in [1.54, 1.807) is 0 Å². The lowest BCUT2D eigenvalue weighted by atomic mass is 9.95. The predicted octanol–water partition coefficient (Wildman–Crippen LogP) is 3.35. The maximum Gasteiger partial charge on any atom is 0.199 e. The third-order valence-corrected chi connectivity index (χ3v) is 3.94. The monoisotopic (exact) mass is 236 g/mol. The van der Waals surface area contributed by atoms with E-state index in [0.717, 1.165) is 30.3 Å². The summed E-state index contributed by atoms with van der Waals surface area (Å²) in [5.74, 6) is 2.91. The van der Waals surface area contributed by atoms with Gasteiger partial charge in [0.1, 0.15) is 5.76 Å². The number of piperidine rings is 1. The zero-order valence-electron chi connectivity index (χ0n) is 11.4. The molecule has 0 bridgehead atoms. The zero-order chi connectivity index (χ0) is 12.4. The summed E-state index contributed by atoms with van der Waals surface area (Å²) in [4.78, 5) is 4.72. The van der Waals surface area contributed by atoms with E-state index in [1.807, 2.05) is 6.92 Å². The van der Waals surface area contributed by atoms with Gasteiger partial charge in [-0.15, -0.1) is 0 Å². The van der Waals surface area contributed by atoms with Crippen molar-refractivity contribution in [3.05, 3.63) is 17.3 Å². The molecule has 1 aromatic rings. The van der Waals surface area contributed by atoms with Gasteiger partial charge in [-0.1, -0.05) is 13.8 Å². The molecule has 1 aliphatic heterocycles. The number of aromatic nitrogens is 1. The first-order valence-electron chi connectivity index (χ1n) is 6.82. The summed E-state index contributed by atoms with van der Waals surface area (Å²) >= 11 is 0. The molecule has 0 amide bonds. The summed E-state index contributed by atoms with van der Waals surface area (Å²) in [5, 5.41) is 3.50. The van der Waals surface area contributed by atoms with Crippen molar-refractivity contribution in [1.82, 2.24) is 10.3 Å². The highest BCUT2D eigenvalue weighted by Gasteiger charge is 2.25. The minimum atomic E-state index is 0.461. The van der Waals surface area contributed by atoms with Crippen molar-refractivity contribution < 1.29 is 4.42 Å². The van der Waals surface area contributed by atoms with Crippen molar-refractivity contribution in [2.24, 2.45) is 0 Å². The fourth-order valence-corrected chi connectivity index (χ4v) is 2.46. The average molecular weight is 236 g/mol. The van der Waals surface area contributed by atoms with Crippen molar-refractivity contribution in [3.8, 4) is 0 Å². The van der Waals surface area contributed by atoms with Crippen molar-refractivity contribution in [1.29, 1.82) is 0 Å². The van der Waals surface area contributed by atoms with E-state index >= 15 is 0 Å². The minimum absolute atomic E-state index is 0.461. The van der Waals surface area contributed by atoms with E-state index in [0.29, 0.717) is 17.9 Å². The Balaban J connectivity index is 2.11. The second-order valence-electron chi connectivity index (χ2n) is 5.39. The van der Waals surface area contributed by atoms with Crippen LogP contribution in [0.3, 0.4) is 0 Å². The molecular formula is C14H24N2O. The summed E-state index contributed by atoms with van der Waals surface area (Å²) in [5.41, 5.74) is 1.15. The first-order valence-corrected chi connectivity index (χ1v) is 6.82. The van der Waals surface area contributed by atoms with Gasteiger partial charge in [-0.3, -0.25) is 0 Å².